The molecule has 1 aliphatic rings. The summed E-state index contributed by atoms with van der Waals surface area (Å²) in [6.07, 6.45) is 0.0906. The van der Waals surface area contributed by atoms with E-state index in [1.165, 1.54) is 12.1 Å². The van der Waals surface area contributed by atoms with E-state index in [1.807, 2.05) is 5.32 Å². The molecule has 0 fully saturated rings. The molecule has 0 spiro atoms. The Hall–Kier alpha value is -4.15. The molecule has 0 saturated heterocycles. The number of benzene rings is 2. The third-order valence-electron chi connectivity index (χ3n) is 4.20. The van der Waals surface area contributed by atoms with Crippen LogP contribution in [0.5, 0.6) is 5.75 Å². The minimum absolute atomic E-state index is 0.0139. The van der Waals surface area contributed by atoms with Crippen LogP contribution >= 0.6 is 0 Å². The lowest BCUT2D eigenvalue weighted by Gasteiger charge is -2.22. The largest absolute Gasteiger partial charge is 0.451 e. The lowest BCUT2D eigenvalue weighted by Crippen LogP contribution is -2.37. The molecule has 1 aliphatic heterocycles. The van der Waals surface area contributed by atoms with Crippen molar-refractivity contribution in [3.8, 4) is 5.75 Å². The van der Waals surface area contributed by atoms with Crippen molar-refractivity contribution >= 4 is 35.1 Å². The molecule has 0 unspecified atom stereocenters. The van der Waals surface area contributed by atoms with Crippen molar-refractivity contribution in [1.82, 2.24) is 5.32 Å². The zero-order chi connectivity index (χ0) is 23.1. The second-order valence-corrected chi connectivity index (χ2v) is 6.44. The second-order valence-electron chi connectivity index (χ2n) is 6.44. The fraction of sp³-hybridized carbons (Fsp3) is 0.190. The molecule has 0 atom stereocenters. The minimum atomic E-state index is -3.00. The minimum Gasteiger partial charge on any atom is -0.451 e. The van der Waals surface area contributed by atoms with Crippen molar-refractivity contribution in [2.24, 2.45) is 5.10 Å². The zero-order valence-corrected chi connectivity index (χ0v) is 16.5. The number of nitrogens with one attached hydrogen (secondary N) is 1. The Balaban J connectivity index is 1.53. The van der Waals surface area contributed by atoms with Crippen LogP contribution in [-0.4, -0.2) is 42.6 Å². The molecule has 2 aromatic rings. The van der Waals surface area contributed by atoms with Crippen LogP contribution in [0.25, 0.3) is 0 Å². The summed E-state index contributed by atoms with van der Waals surface area (Å²) >= 11 is 0. The maximum Gasteiger partial charge on any atom is 0.387 e. The fourth-order valence-electron chi connectivity index (χ4n) is 2.71. The first-order valence-corrected chi connectivity index (χ1v) is 9.35. The van der Waals surface area contributed by atoms with Crippen molar-refractivity contribution in [2.75, 3.05) is 11.6 Å². The molecule has 0 bridgehead atoms. The highest BCUT2D eigenvalue weighted by Crippen LogP contribution is 2.20. The summed E-state index contributed by atoms with van der Waals surface area (Å²) in [5, 5.41) is 7.11. The third-order valence-corrected chi connectivity index (χ3v) is 4.20. The van der Waals surface area contributed by atoms with E-state index in [0.29, 0.717) is 5.69 Å². The van der Waals surface area contributed by atoms with Crippen LogP contribution < -0.4 is 15.1 Å². The van der Waals surface area contributed by atoms with Gasteiger partial charge < -0.3 is 9.47 Å². The predicted octanol–water partition coefficient (Wildman–Crippen LogP) is 2.27. The Morgan fingerprint density at radius 2 is 1.72 bits per heavy atom. The van der Waals surface area contributed by atoms with E-state index in [4.69, 9.17) is 4.74 Å². The predicted molar refractivity (Wildman–Crippen MR) is 107 cm³/mol. The van der Waals surface area contributed by atoms with Crippen molar-refractivity contribution < 1.29 is 37.4 Å². The number of hydrogen-bond acceptors (Lipinski definition) is 7. The molecular weight excluding hydrogens is 428 g/mol. The number of halogens is 2. The van der Waals surface area contributed by atoms with Gasteiger partial charge in [-0.25, -0.2) is 9.80 Å². The number of hydrogen-bond donors (Lipinski definition) is 1. The van der Waals surface area contributed by atoms with Crippen LogP contribution in [0.1, 0.15) is 23.2 Å². The molecular formula is C21H17F2N3O6. The number of imide groups is 1. The molecule has 32 heavy (non-hydrogen) atoms. The van der Waals surface area contributed by atoms with Crippen LogP contribution in [0, 0.1) is 0 Å². The molecule has 9 nitrogen and oxygen atoms in total. The van der Waals surface area contributed by atoms with Crippen LogP contribution in [0.15, 0.2) is 59.7 Å². The van der Waals surface area contributed by atoms with E-state index in [2.05, 4.69) is 9.84 Å². The number of carbonyl (C=O) groups is 4. The lowest BCUT2D eigenvalue weighted by atomic mass is 10.1. The van der Waals surface area contributed by atoms with Gasteiger partial charge >= 0.3 is 12.6 Å². The highest BCUT2D eigenvalue weighted by atomic mass is 19.3. The fourth-order valence-corrected chi connectivity index (χ4v) is 2.71. The Morgan fingerprint density at radius 1 is 1.03 bits per heavy atom. The van der Waals surface area contributed by atoms with Gasteiger partial charge in [-0.15, -0.1) is 0 Å². The number of alkyl halides is 2. The summed E-state index contributed by atoms with van der Waals surface area (Å²) < 4.78 is 33.4. The van der Waals surface area contributed by atoms with Crippen molar-refractivity contribution in [2.45, 2.75) is 19.5 Å². The summed E-state index contributed by atoms with van der Waals surface area (Å²) in [5.74, 6) is -3.04. The van der Waals surface area contributed by atoms with Gasteiger partial charge in [-0.1, -0.05) is 18.2 Å². The molecule has 3 amide bonds. The number of ether oxygens (including phenoxy) is 2. The molecule has 0 saturated carbocycles. The Bertz CT molecular complexity index is 1040. The molecule has 3 rings (SSSR count). The summed E-state index contributed by atoms with van der Waals surface area (Å²) in [6, 6.07) is 13.2. The highest BCUT2D eigenvalue weighted by Gasteiger charge is 2.27. The molecule has 166 valence electrons. The Labute approximate surface area is 180 Å². The summed E-state index contributed by atoms with van der Waals surface area (Å²) in [7, 11) is 0. The van der Waals surface area contributed by atoms with Crippen LogP contribution in [0.4, 0.5) is 14.5 Å². The number of amides is 3. The van der Waals surface area contributed by atoms with Gasteiger partial charge in [0.1, 0.15) is 11.5 Å². The van der Waals surface area contributed by atoms with Gasteiger partial charge in [-0.05, 0) is 36.4 Å². The number of hydrazone groups is 1. The topological polar surface area (TPSA) is 114 Å². The standard InChI is InChI=1S/C21H17F2N3O6/c22-21(23)32-15-8-6-13(7-9-15)19(29)24-17(27)12-31-20(30)16-10-11-18(28)26(25-16)14-4-2-1-3-5-14/h1-9,21H,10-12H2,(H,24,27,29). The summed E-state index contributed by atoms with van der Waals surface area (Å²) in [6.45, 7) is -3.76. The monoisotopic (exact) mass is 445 g/mol. The number of anilines is 1. The second kappa shape index (κ2) is 10.2. The SMILES string of the molecule is O=C(COC(=O)C1=NN(c2ccccc2)C(=O)CC1)NC(=O)c1ccc(OC(F)F)cc1. The number of nitrogens with zero attached hydrogens (tertiary/aromatic N) is 2. The molecule has 11 heteroatoms. The molecule has 1 N–H and O–H groups in total. The first kappa shape index (κ1) is 22.5. The van der Waals surface area contributed by atoms with E-state index in [0.717, 1.165) is 17.1 Å². The van der Waals surface area contributed by atoms with E-state index in [9.17, 15) is 28.0 Å². The zero-order valence-electron chi connectivity index (χ0n) is 16.5. The highest BCUT2D eigenvalue weighted by molar-refractivity contribution is 6.38. The number of rotatable bonds is 7. The van der Waals surface area contributed by atoms with Gasteiger partial charge in [0.2, 0.25) is 5.91 Å². The number of esters is 1. The van der Waals surface area contributed by atoms with Gasteiger partial charge in [0.05, 0.1) is 5.69 Å². The third kappa shape index (κ3) is 5.94. The van der Waals surface area contributed by atoms with E-state index >= 15 is 0 Å². The quantitative estimate of drug-likeness (QED) is 0.654. The normalized spacial score (nSPS) is 13.4. The first-order chi connectivity index (χ1) is 15.3. The van der Waals surface area contributed by atoms with Gasteiger partial charge in [-0.3, -0.25) is 19.7 Å². The van der Waals surface area contributed by atoms with Crippen molar-refractivity contribution in [1.29, 1.82) is 0 Å². The van der Waals surface area contributed by atoms with Gasteiger partial charge in [0.15, 0.2) is 6.61 Å². The first-order valence-electron chi connectivity index (χ1n) is 9.35. The summed E-state index contributed by atoms with van der Waals surface area (Å²) in [5.41, 5.74) is 0.456. The molecule has 0 aliphatic carbocycles. The van der Waals surface area contributed by atoms with E-state index in [-0.39, 0.29) is 35.8 Å². The Morgan fingerprint density at radius 3 is 2.38 bits per heavy atom. The number of para-hydroxylation sites is 1. The van der Waals surface area contributed by atoms with E-state index < -0.39 is 31.0 Å². The maximum absolute atomic E-state index is 12.2. The van der Waals surface area contributed by atoms with E-state index in [1.54, 1.807) is 30.3 Å². The van der Waals surface area contributed by atoms with Gasteiger partial charge in [-0.2, -0.15) is 13.9 Å². The maximum atomic E-state index is 12.2. The van der Waals surface area contributed by atoms with Crippen LogP contribution in [0.3, 0.4) is 0 Å². The average Bonchev–Trinajstić information content (AvgIpc) is 2.78. The lowest BCUT2D eigenvalue weighted by molar-refractivity contribution is -0.142. The molecule has 0 aromatic heterocycles. The molecule has 0 radical (unpaired) electrons. The van der Waals surface area contributed by atoms with Gasteiger partial charge in [0, 0.05) is 18.4 Å². The Kier molecular flexibility index (Phi) is 7.21. The van der Waals surface area contributed by atoms with Crippen LogP contribution in [0.2, 0.25) is 0 Å². The van der Waals surface area contributed by atoms with Crippen molar-refractivity contribution in [3.63, 3.8) is 0 Å². The average molecular weight is 445 g/mol. The smallest absolute Gasteiger partial charge is 0.387 e. The summed E-state index contributed by atoms with van der Waals surface area (Å²) in [4.78, 5) is 48.3. The number of carbonyl (C=O) groups excluding carboxylic acids is 4. The van der Waals surface area contributed by atoms with Crippen LogP contribution in [-0.2, 0) is 19.1 Å². The molecule has 1 heterocycles. The molecule has 2 aromatic carbocycles. The van der Waals surface area contributed by atoms with Gasteiger partial charge in [0.25, 0.3) is 11.8 Å². The van der Waals surface area contributed by atoms with Crippen molar-refractivity contribution in [3.05, 3.63) is 60.2 Å².